The van der Waals surface area contributed by atoms with Gasteiger partial charge in [-0.25, -0.2) is 0 Å². The van der Waals surface area contributed by atoms with Gasteiger partial charge in [-0.2, -0.15) is 0 Å². The van der Waals surface area contributed by atoms with Crippen molar-refractivity contribution >= 4 is 26.5 Å². The molecular formula is C19H26Si2. The van der Waals surface area contributed by atoms with Gasteiger partial charge in [0.1, 0.15) is 0 Å². The molecule has 0 N–H and O–H groups in total. The van der Waals surface area contributed by atoms with Gasteiger partial charge in [0, 0.05) is 0 Å². The number of hydrogen-bond donors (Lipinski definition) is 0. The molecule has 3 rings (SSSR count). The molecule has 0 saturated carbocycles. The summed E-state index contributed by atoms with van der Waals surface area (Å²) in [4.78, 5) is 0. The minimum absolute atomic E-state index is 1.13. The van der Waals surface area contributed by atoms with Crippen molar-refractivity contribution in [1.82, 2.24) is 0 Å². The van der Waals surface area contributed by atoms with E-state index in [9.17, 15) is 0 Å². The summed E-state index contributed by atoms with van der Waals surface area (Å²) in [6.45, 7) is 14.6. The summed E-state index contributed by atoms with van der Waals surface area (Å²) in [5, 5.41) is 3.17. The van der Waals surface area contributed by atoms with E-state index in [0.717, 1.165) is 6.42 Å². The maximum Gasteiger partial charge on any atom is 0.0776 e. The zero-order valence-corrected chi connectivity index (χ0v) is 16.2. The molecule has 0 aromatic heterocycles. The van der Waals surface area contributed by atoms with E-state index in [2.05, 4.69) is 75.7 Å². The predicted molar refractivity (Wildman–Crippen MR) is 101 cm³/mol. The zero-order valence-electron chi connectivity index (χ0n) is 14.2. The third kappa shape index (κ3) is 2.67. The molecule has 0 spiro atoms. The van der Waals surface area contributed by atoms with E-state index < -0.39 is 16.1 Å². The lowest BCUT2D eigenvalue weighted by Gasteiger charge is -2.18. The van der Waals surface area contributed by atoms with Gasteiger partial charge in [-0.15, -0.1) is 0 Å². The van der Waals surface area contributed by atoms with E-state index in [1.54, 1.807) is 10.4 Å². The van der Waals surface area contributed by atoms with Gasteiger partial charge < -0.3 is 0 Å². The summed E-state index contributed by atoms with van der Waals surface area (Å²) in [5.74, 6) is 0. The highest BCUT2D eigenvalue weighted by Gasteiger charge is 2.24. The van der Waals surface area contributed by atoms with Crippen molar-refractivity contribution in [3.8, 4) is 11.1 Å². The van der Waals surface area contributed by atoms with Crippen LogP contribution in [0.1, 0.15) is 11.1 Å². The Bertz CT molecular complexity index is 639. The molecular weight excluding hydrogens is 284 g/mol. The third-order valence-corrected chi connectivity index (χ3v) is 8.70. The highest BCUT2D eigenvalue weighted by Crippen LogP contribution is 2.35. The van der Waals surface area contributed by atoms with Gasteiger partial charge in [-0.1, -0.05) is 86.1 Å². The van der Waals surface area contributed by atoms with Crippen LogP contribution >= 0.6 is 0 Å². The first-order valence-electron chi connectivity index (χ1n) is 7.93. The van der Waals surface area contributed by atoms with Gasteiger partial charge in [0.25, 0.3) is 0 Å². The minimum Gasteiger partial charge on any atom is -0.0656 e. The van der Waals surface area contributed by atoms with Gasteiger partial charge in [0.2, 0.25) is 0 Å². The fourth-order valence-corrected chi connectivity index (χ4v) is 5.52. The van der Waals surface area contributed by atoms with Crippen LogP contribution in [0.4, 0.5) is 0 Å². The van der Waals surface area contributed by atoms with Gasteiger partial charge in [-0.05, 0) is 28.7 Å². The molecule has 0 aliphatic heterocycles. The summed E-state index contributed by atoms with van der Waals surface area (Å²) in [5.41, 5.74) is 6.01. The quantitative estimate of drug-likeness (QED) is 0.617. The van der Waals surface area contributed by atoms with Crippen LogP contribution in [0.2, 0.25) is 39.3 Å². The standard InChI is InChI=1S/C19H26Si2/c1-20(2,3)16-7-9-18-14(12-16)11-15-13-17(21(4,5)6)8-10-19(15)18/h7-10,12-13H,11H2,1-6H3. The molecule has 0 unspecified atom stereocenters. The molecule has 0 nitrogen and oxygen atoms in total. The predicted octanol–water partition coefficient (Wildman–Crippen LogP) is 4.35. The first-order valence-corrected chi connectivity index (χ1v) is 14.9. The SMILES string of the molecule is C[Si](C)(C)c1ccc2c(c1)Cc1cc([Si](C)(C)C)ccc1-2. The Labute approximate surface area is 131 Å². The normalized spacial score (nSPS) is 14.0. The molecule has 0 atom stereocenters. The van der Waals surface area contributed by atoms with Crippen molar-refractivity contribution < 1.29 is 0 Å². The van der Waals surface area contributed by atoms with Gasteiger partial charge in [0.05, 0.1) is 16.1 Å². The Morgan fingerprint density at radius 2 is 1.00 bits per heavy atom. The molecule has 0 fully saturated rings. The summed E-state index contributed by atoms with van der Waals surface area (Å²) in [6.07, 6.45) is 1.13. The molecule has 0 heterocycles. The maximum absolute atomic E-state index is 2.48. The Hall–Kier alpha value is -1.13. The molecule has 1 aliphatic carbocycles. The summed E-state index contributed by atoms with van der Waals surface area (Å²) < 4.78 is 0. The molecule has 2 heteroatoms. The number of hydrogen-bond acceptors (Lipinski definition) is 0. The average Bonchev–Trinajstić information content (AvgIpc) is 2.73. The number of fused-ring (bicyclic) bond motifs is 3. The molecule has 0 saturated heterocycles. The number of benzene rings is 2. The first-order chi connectivity index (χ1) is 9.66. The Morgan fingerprint density at radius 3 is 1.33 bits per heavy atom. The third-order valence-electron chi connectivity index (χ3n) is 4.61. The topological polar surface area (TPSA) is 0 Å². The molecule has 21 heavy (non-hydrogen) atoms. The second-order valence-corrected chi connectivity index (χ2v) is 18.6. The van der Waals surface area contributed by atoms with E-state index in [4.69, 9.17) is 0 Å². The monoisotopic (exact) mass is 310 g/mol. The smallest absolute Gasteiger partial charge is 0.0656 e. The summed E-state index contributed by atoms with van der Waals surface area (Å²) >= 11 is 0. The highest BCUT2D eigenvalue weighted by molar-refractivity contribution is 6.89. The molecule has 0 bridgehead atoms. The van der Waals surface area contributed by atoms with Crippen LogP contribution in [0, 0.1) is 0 Å². The molecule has 2 aromatic rings. The fraction of sp³-hybridized carbons (Fsp3) is 0.368. The molecule has 0 amide bonds. The van der Waals surface area contributed by atoms with Crippen molar-refractivity contribution in [2.75, 3.05) is 0 Å². The largest absolute Gasteiger partial charge is 0.0776 e. The van der Waals surface area contributed by atoms with Crippen LogP contribution in [-0.2, 0) is 6.42 Å². The van der Waals surface area contributed by atoms with E-state index in [1.807, 2.05) is 0 Å². The lowest BCUT2D eigenvalue weighted by molar-refractivity contribution is 1.27. The van der Waals surface area contributed by atoms with Crippen molar-refractivity contribution in [1.29, 1.82) is 0 Å². The van der Waals surface area contributed by atoms with Crippen LogP contribution < -0.4 is 10.4 Å². The van der Waals surface area contributed by atoms with Gasteiger partial charge >= 0.3 is 0 Å². The highest BCUT2D eigenvalue weighted by atomic mass is 28.3. The van der Waals surface area contributed by atoms with E-state index >= 15 is 0 Å². The molecule has 110 valence electrons. The molecule has 1 aliphatic rings. The maximum atomic E-state index is 2.48. The number of rotatable bonds is 2. The zero-order chi connectivity index (χ0) is 15.4. The Balaban J connectivity index is 2.06. The fourth-order valence-electron chi connectivity index (χ4n) is 3.14. The van der Waals surface area contributed by atoms with Crippen LogP contribution in [0.15, 0.2) is 36.4 Å². The molecule has 2 aromatic carbocycles. The Morgan fingerprint density at radius 1 is 0.619 bits per heavy atom. The lowest BCUT2D eigenvalue weighted by atomic mass is 10.1. The summed E-state index contributed by atoms with van der Waals surface area (Å²) in [7, 11) is -2.43. The van der Waals surface area contributed by atoms with Crippen LogP contribution in [-0.4, -0.2) is 16.1 Å². The second kappa shape index (κ2) is 4.69. The van der Waals surface area contributed by atoms with Crippen LogP contribution in [0.3, 0.4) is 0 Å². The lowest BCUT2D eigenvalue weighted by Crippen LogP contribution is -2.37. The van der Waals surface area contributed by atoms with Gasteiger partial charge in [-0.3, -0.25) is 0 Å². The van der Waals surface area contributed by atoms with Crippen molar-refractivity contribution in [3.05, 3.63) is 47.5 Å². The van der Waals surface area contributed by atoms with Gasteiger partial charge in [0.15, 0.2) is 0 Å². The second-order valence-electron chi connectivity index (χ2n) is 8.42. The van der Waals surface area contributed by atoms with E-state index in [0.29, 0.717) is 0 Å². The first kappa shape index (κ1) is 14.8. The average molecular weight is 311 g/mol. The van der Waals surface area contributed by atoms with E-state index in [1.165, 1.54) is 22.3 Å². The van der Waals surface area contributed by atoms with Crippen molar-refractivity contribution in [2.24, 2.45) is 0 Å². The summed E-state index contributed by atoms with van der Waals surface area (Å²) in [6, 6.07) is 14.4. The van der Waals surface area contributed by atoms with Crippen molar-refractivity contribution in [2.45, 2.75) is 45.7 Å². The Kier molecular flexibility index (Phi) is 3.30. The minimum atomic E-state index is -1.21. The van der Waals surface area contributed by atoms with Crippen LogP contribution in [0.5, 0.6) is 0 Å². The van der Waals surface area contributed by atoms with Crippen LogP contribution in [0.25, 0.3) is 11.1 Å². The van der Waals surface area contributed by atoms with Crippen molar-refractivity contribution in [3.63, 3.8) is 0 Å². The van der Waals surface area contributed by atoms with E-state index in [-0.39, 0.29) is 0 Å². The molecule has 0 radical (unpaired) electrons.